The minimum absolute atomic E-state index is 0.0839. The lowest BCUT2D eigenvalue weighted by Gasteiger charge is -2.07. The fourth-order valence-electron chi connectivity index (χ4n) is 1.55. The maximum atomic E-state index is 11.9. The van der Waals surface area contributed by atoms with Crippen LogP contribution in [0.5, 0.6) is 11.5 Å². The average Bonchev–Trinajstić information content (AvgIpc) is 2.32. The van der Waals surface area contributed by atoms with E-state index in [1.807, 2.05) is 19.1 Å². The number of anilines is 1. The highest BCUT2D eigenvalue weighted by Crippen LogP contribution is 2.23. The molecule has 0 aliphatic carbocycles. The Morgan fingerprint density at radius 3 is 2.33 bits per heavy atom. The summed E-state index contributed by atoms with van der Waals surface area (Å²) in [5.41, 5.74) is 1.87. The number of aryl methyl sites for hydroxylation is 1. The molecule has 4 heteroatoms. The van der Waals surface area contributed by atoms with Crippen LogP contribution in [0.4, 0.5) is 5.69 Å². The van der Waals surface area contributed by atoms with Crippen molar-refractivity contribution in [2.45, 2.75) is 6.92 Å². The Kier molecular flexibility index (Phi) is 3.19. The van der Waals surface area contributed by atoms with Crippen LogP contribution in [-0.2, 0) is 0 Å². The second-order valence-corrected chi connectivity index (χ2v) is 4.02. The third-order valence-corrected chi connectivity index (χ3v) is 2.54. The number of carbonyl (C=O) groups excluding carboxylic acids is 1. The molecule has 0 saturated carbocycles. The standard InChI is InChI=1S/C14H13NO3/c1-9-2-4-10(5-3-9)15-14(18)12-7-6-11(16)8-13(12)17/h2-8,16-17H,1H3,(H,15,18). The second-order valence-electron chi connectivity index (χ2n) is 4.02. The molecule has 0 aromatic heterocycles. The molecule has 0 heterocycles. The van der Waals surface area contributed by atoms with Crippen LogP contribution < -0.4 is 5.32 Å². The van der Waals surface area contributed by atoms with Gasteiger partial charge in [0, 0.05) is 11.8 Å². The Balaban J connectivity index is 2.19. The maximum Gasteiger partial charge on any atom is 0.259 e. The van der Waals surface area contributed by atoms with Gasteiger partial charge in [0.25, 0.3) is 5.91 Å². The number of nitrogens with one attached hydrogen (secondary N) is 1. The van der Waals surface area contributed by atoms with E-state index in [0.29, 0.717) is 5.69 Å². The van der Waals surface area contributed by atoms with Crippen LogP contribution in [0.25, 0.3) is 0 Å². The van der Waals surface area contributed by atoms with Crippen LogP contribution in [0.3, 0.4) is 0 Å². The van der Waals surface area contributed by atoms with Crippen molar-refractivity contribution < 1.29 is 15.0 Å². The first-order valence-corrected chi connectivity index (χ1v) is 5.46. The zero-order valence-electron chi connectivity index (χ0n) is 9.84. The molecule has 2 aromatic carbocycles. The summed E-state index contributed by atoms with van der Waals surface area (Å²) in [5, 5.41) is 21.4. The molecule has 0 bridgehead atoms. The number of hydrogen-bond donors (Lipinski definition) is 3. The van der Waals surface area contributed by atoms with Gasteiger partial charge < -0.3 is 15.5 Å². The molecule has 0 fully saturated rings. The maximum absolute atomic E-state index is 11.9. The highest BCUT2D eigenvalue weighted by atomic mass is 16.3. The number of phenolic OH excluding ortho intramolecular Hbond substituents is 2. The Hall–Kier alpha value is -2.49. The fraction of sp³-hybridized carbons (Fsp3) is 0.0714. The van der Waals surface area contributed by atoms with Crippen molar-refractivity contribution in [1.29, 1.82) is 0 Å². The van der Waals surface area contributed by atoms with Crippen molar-refractivity contribution in [2.24, 2.45) is 0 Å². The molecule has 18 heavy (non-hydrogen) atoms. The number of aromatic hydroxyl groups is 2. The number of carbonyl (C=O) groups is 1. The monoisotopic (exact) mass is 243 g/mol. The van der Waals surface area contributed by atoms with E-state index in [1.165, 1.54) is 12.1 Å². The van der Waals surface area contributed by atoms with E-state index >= 15 is 0 Å². The van der Waals surface area contributed by atoms with Crippen LogP contribution in [-0.4, -0.2) is 16.1 Å². The Morgan fingerprint density at radius 1 is 1.06 bits per heavy atom. The summed E-state index contributed by atoms with van der Waals surface area (Å²) < 4.78 is 0. The lowest BCUT2D eigenvalue weighted by atomic mass is 10.1. The summed E-state index contributed by atoms with van der Waals surface area (Å²) in [7, 11) is 0. The van der Waals surface area contributed by atoms with Gasteiger partial charge in [0.05, 0.1) is 5.56 Å². The first-order valence-electron chi connectivity index (χ1n) is 5.46. The van der Waals surface area contributed by atoms with Crippen LogP contribution in [0.1, 0.15) is 15.9 Å². The SMILES string of the molecule is Cc1ccc(NC(=O)c2ccc(O)cc2O)cc1. The van der Waals surface area contributed by atoms with Gasteiger partial charge in [-0.1, -0.05) is 17.7 Å². The molecule has 92 valence electrons. The third-order valence-electron chi connectivity index (χ3n) is 2.54. The summed E-state index contributed by atoms with van der Waals surface area (Å²) in [6, 6.07) is 11.2. The van der Waals surface area contributed by atoms with Crippen LogP contribution in [0.15, 0.2) is 42.5 Å². The zero-order valence-corrected chi connectivity index (χ0v) is 9.84. The quantitative estimate of drug-likeness (QED) is 0.759. The van der Waals surface area contributed by atoms with Gasteiger partial charge in [-0.25, -0.2) is 0 Å². The van der Waals surface area contributed by atoms with Gasteiger partial charge in [-0.05, 0) is 31.2 Å². The first kappa shape index (κ1) is 12.0. The topological polar surface area (TPSA) is 69.6 Å². The smallest absolute Gasteiger partial charge is 0.259 e. The van der Waals surface area contributed by atoms with Gasteiger partial charge in [-0.3, -0.25) is 4.79 Å². The van der Waals surface area contributed by atoms with Gasteiger partial charge in [0.2, 0.25) is 0 Å². The van der Waals surface area contributed by atoms with E-state index in [4.69, 9.17) is 5.11 Å². The Bertz CT molecular complexity index is 576. The Morgan fingerprint density at radius 2 is 1.72 bits per heavy atom. The average molecular weight is 243 g/mol. The van der Waals surface area contributed by atoms with E-state index in [1.54, 1.807) is 12.1 Å². The molecule has 0 unspecified atom stereocenters. The summed E-state index contributed by atoms with van der Waals surface area (Å²) >= 11 is 0. The fourth-order valence-corrected chi connectivity index (χ4v) is 1.55. The van der Waals surface area contributed by atoms with E-state index in [9.17, 15) is 9.90 Å². The number of rotatable bonds is 2. The largest absolute Gasteiger partial charge is 0.508 e. The molecule has 0 aliphatic rings. The minimum atomic E-state index is -0.420. The number of hydrogen-bond acceptors (Lipinski definition) is 3. The van der Waals surface area contributed by atoms with Crippen molar-refractivity contribution in [3.63, 3.8) is 0 Å². The van der Waals surface area contributed by atoms with Crippen molar-refractivity contribution >= 4 is 11.6 Å². The van der Waals surface area contributed by atoms with Gasteiger partial charge >= 0.3 is 0 Å². The first-order chi connectivity index (χ1) is 8.56. The zero-order chi connectivity index (χ0) is 13.1. The molecule has 0 atom stereocenters. The highest BCUT2D eigenvalue weighted by molar-refractivity contribution is 6.06. The normalized spacial score (nSPS) is 10.1. The number of amides is 1. The van der Waals surface area contributed by atoms with Crippen LogP contribution >= 0.6 is 0 Å². The molecule has 1 amide bonds. The van der Waals surface area contributed by atoms with E-state index in [2.05, 4.69) is 5.32 Å². The molecule has 0 spiro atoms. The van der Waals surface area contributed by atoms with E-state index < -0.39 is 5.91 Å². The highest BCUT2D eigenvalue weighted by Gasteiger charge is 2.11. The summed E-state index contributed by atoms with van der Waals surface area (Å²) in [4.78, 5) is 11.9. The van der Waals surface area contributed by atoms with Gasteiger partial charge in [-0.2, -0.15) is 0 Å². The number of phenols is 2. The predicted molar refractivity (Wildman–Crippen MR) is 68.9 cm³/mol. The van der Waals surface area contributed by atoms with Gasteiger partial charge in [-0.15, -0.1) is 0 Å². The van der Waals surface area contributed by atoms with Gasteiger partial charge in [0.1, 0.15) is 11.5 Å². The molecule has 0 radical (unpaired) electrons. The second kappa shape index (κ2) is 4.79. The van der Waals surface area contributed by atoms with E-state index in [0.717, 1.165) is 11.6 Å². The summed E-state index contributed by atoms with van der Waals surface area (Å²) in [5.74, 6) is -0.754. The van der Waals surface area contributed by atoms with Crippen LogP contribution in [0, 0.1) is 6.92 Å². The Labute approximate surface area is 105 Å². The lowest BCUT2D eigenvalue weighted by molar-refractivity contribution is 0.102. The molecule has 2 rings (SSSR count). The van der Waals surface area contributed by atoms with Crippen molar-refractivity contribution in [1.82, 2.24) is 0 Å². The minimum Gasteiger partial charge on any atom is -0.508 e. The summed E-state index contributed by atoms with van der Waals surface area (Å²) in [6.45, 7) is 1.96. The number of benzene rings is 2. The van der Waals surface area contributed by atoms with Crippen molar-refractivity contribution in [3.8, 4) is 11.5 Å². The van der Waals surface area contributed by atoms with Crippen LogP contribution in [0.2, 0.25) is 0 Å². The molecule has 0 aliphatic heterocycles. The molecule has 2 aromatic rings. The van der Waals surface area contributed by atoms with E-state index in [-0.39, 0.29) is 17.1 Å². The predicted octanol–water partition coefficient (Wildman–Crippen LogP) is 2.66. The molecule has 4 nitrogen and oxygen atoms in total. The molecule has 3 N–H and O–H groups in total. The molecule has 0 saturated heterocycles. The molecular formula is C14H13NO3. The molecular weight excluding hydrogens is 230 g/mol. The van der Waals surface area contributed by atoms with Gasteiger partial charge in [0.15, 0.2) is 0 Å². The van der Waals surface area contributed by atoms with Crippen molar-refractivity contribution in [2.75, 3.05) is 5.32 Å². The van der Waals surface area contributed by atoms with Crippen molar-refractivity contribution in [3.05, 3.63) is 53.6 Å². The lowest BCUT2D eigenvalue weighted by Crippen LogP contribution is -2.11. The third kappa shape index (κ3) is 2.60. The summed E-state index contributed by atoms with van der Waals surface area (Å²) in [6.07, 6.45) is 0.